The number of carbonyl (C=O) groups is 1. The number of nitrogens with two attached hydrogens (primary N) is 1. The predicted molar refractivity (Wildman–Crippen MR) is 79.3 cm³/mol. The van der Waals surface area contributed by atoms with Crippen molar-refractivity contribution >= 4 is 5.91 Å². The average molecular weight is 280 g/mol. The first-order valence-electron chi connectivity index (χ1n) is 7.00. The second-order valence-corrected chi connectivity index (χ2v) is 4.58. The molecule has 112 valence electrons. The summed E-state index contributed by atoms with van der Waals surface area (Å²) in [5.41, 5.74) is 6.08. The van der Waals surface area contributed by atoms with Crippen LogP contribution >= 0.6 is 0 Å². The number of carbonyl (C=O) groups excluding carboxylic acids is 1. The van der Waals surface area contributed by atoms with E-state index in [1.165, 1.54) is 0 Å². The van der Waals surface area contributed by atoms with Crippen molar-refractivity contribution in [2.45, 2.75) is 20.8 Å². The normalized spacial score (nSPS) is 11.8. The third-order valence-corrected chi connectivity index (χ3v) is 2.82. The summed E-state index contributed by atoms with van der Waals surface area (Å²) in [6, 6.07) is 5.20. The first-order valence-corrected chi connectivity index (χ1v) is 7.00. The largest absolute Gasteiger partial charge is 0.490 e. The lowest BCUT2D eigenvalue weighted by Gasteiger charge is -2.13. The van der Waals surface area contributed by atoms with Crippen LogP contribution in [-0.2, 0) is 0 Å². The summed E-state index contributed by atoms with van der Waals surface area (Å²) < 4.78 is 11.0. The maximum absolute atomic E-state index is 12.0. The Morgan fingerprint density at radius 3 is 2.50 bits per heavy atom. The summed E-state index contributed by atoms with van der Waals surface area (Å²) in [7, 11) is 0. The lowest BCUT2D eigenvalue weighted by atomic mass is 10.1. The third-order valence-electron chi connectivity index (χ3n) is 2.82. The minimum atomic E-state index is -0.130. The quantitative estimate of drug-likeness (QED) is 0.761. The van der Waals surface area contributed by atoms with E-state index in [0.29, 0.717) is 43.4 Å². The Labute approximate surface area is 120 Å². The molecule has 1 atom stereocenters. The number of nitrogens with one attached hydrogen (secondary N) is 1. The van der Waals surface area contributed by atoms with Gasteiger partial charge < -0.3 is 20.5 Å². The molecule has 5 heteroatoms. The fourth-order valence-corrected chi connectivity index (χ4v) is 1.64. The molecule has 0 heterocycles. The fraction of sp³-hybridized carbons (Fsp3) is 0.533. The SMILES string of the molecule is CCOc1ccc(C(=O)NCC(C)CN)cc1OCC. The first kappa shape index (κ1) is 16.3. The van der Waals surface area contributed by atoms with Crippen LogP contribution in [-0.4, -0.2) is 32.2 Å². The van der Waals surface area contributed by atoms with E-state index in [2.05, 4.69) is 5.32 Å². The van der Waals surface area contributed by atoms with Gasteiger partial charge in [0.25, 0.3) is 5.91 Å². The van der Waals surface area contributed by atoms with Gasteiger partial charge in [0.2, 0.25) is 0 Å². The molecular weight excluding hydrogens is 256 g/mol. The van der Waals surface area contributed by atoms with Crippen molar-refractivity contribution in [3.63, 3.8) is 0 Å². The van der Waals surface area contributed by atoms with E-state index in [0.717, 1.165) is 0 Å². The third kappa shape index (κ3) is 4.74. The number of rotatable bonds is 8. The van der Waals surface area contributed by atoms with Crippen molar-refractivity contribution in [1.82, 2.24) is 5.32 Å². The van der Waals surface area contributed by atoms with Crippen LogP contribution in [0.5, 0.6) is 11.5 Å². The highest BCUT2D eigenvalue weighted by atomic mass is 16.5. The predicted octanol–water partition coefficient (Wildman–Crippen LogP) is 1.81. The summed E-state index contributed by atoms with van der Waals surface area (Å²) in [5, 5.41) is 2.86. The fourth-order valence-electron chi connectivity index (χ4n) is 1.64. The molecule has 0 saturated carbocycles. The number of hydrogen-bond acceptors (Lipinski definition) is 4. The molecule has 20 heavy (non-hydrogen) atoms. The van der Waals surface area contributed by atoms with Gasteiger partial charge in [-0.15, -0.1) is 0 Å². The molecule has 1 aromatic rings. The molecule has 0 saturated heterocycles. The second kappa shape index (κ2) is 8.43. The van der Waals surface area contributed by atoms with Crippen molar-refractivity contribution < 1.29 is 14.3 Å². The summed E-state index contributed by atoms with van der Waals surface area (Å²) in [4.78, 5) is 12.0. The maximum Gasteiger partial charge on any atom is 0.251 e. The molecule has 0 aliphatic carbocycles. The number of hydrogen-bond donors (Lipinski definition) is 2. The van der Waals surface area contributed by atoms with Gasteiger partial charge in [-0.25, -0.2) is 0 Å². The number of ether oxygens (including phenoxy) is 2. The molecule has 0 radical (unpaired) electrons. The van der Waals surface area contributed by atoms with Gasteiger partial charge in [0.15, 0.2) is 11.5 Å². The van der Waals surface area contributed by atoms with Gasteiger partial charge >= 0.3 is 0 Å². The zero-order valence-electron chi connectivity index (χ0n) is 12.4. The molecule has 1 unspecified atom stereocenters. The van der Waals surface area contributed by atoms with E-state index in [9.17, 15) is 4.79 Å². The van der Waals surface area contributed by atoms with E-state index in [4.69, 9.17) is 15.2 Å². The van der Waals surface area contributed by atoms with Gasteiger partial charge in [0.1, 0.15) is 0 Å². The van der Waals surface area contributed by atoms with Crippen molar-refractivity contribution in [1.29, 1.82) is 0 Å². The minimum Gasteiger partial charge on any atom is -0.490 e. The van der Waals surface area contributed by atoms with Gasteiger partial charge in [0.05, 0.1) is 13.2 Å². The van der Waals surface area contributed by atoms with E-state index in [1.807, 2.05) is 20.8 Å². The smallest absolute Gasteiger partial charge is 0.251 e. The molecule has 1 amide bonds. The second-order valence-electron chi connectivity index (χ2n) is 4.58. The molecule has 1 rings (SSSR count). The summed E-state index contributed by atoms with van der Waals surface area (Å²) >= 11 is 0. The highest BCUT2D eigenvalue weighted by Crippen LogP contribution is 2.28. The first-order chi connectivity index (χ1) is 9.62. The Bertz CT molecular complexity index is 435. The average Bonchev–Trinajstić information content (AvgIpc) is 2.46. The van der Waals surface area contributed by atoms with Gasteiger partial charge in [0, 0.05) is 12.1 Å². The Hall–Kier alpha value is -1.75. The topological polar surface area (TPSA) is 73.6 Å². The Balaban J connectivity index is 2.79. The standard InChI is InChI=1S/C15H24N2O3/c1-4-19-13-7-6-12(8-14(13)20-5-2)15(18)17-10-11(3)9-16/h6-8,11H,4-5,9-10,16H2,1-3H3,(H,17,18). The summed E-state index contributed by atoms with van der Waals surface area (Å²) in [6.45, 7) is 7.98. The van der Waals surface area contributed by atoms with E-state index in [-0.39, 0.29) is 11.8 Å². The molecule has 5 nitrogen and oxygen atoms in total. The molecule has 0 aliphatic rings. The molecule has 0 aromatic heterocycles. The van der Waals surface area contributed by atoms with Gasteiger partial charge in [-0.2, -0.15) is 0 Å². The van der Waals surface area contributed by atoms with E-state index >= 15 is 0 Å². The molecule has 0 spiro atoms. The molecule has 0 fully saturated rings. The van der Waals surface area contributed by atoms with Gasteiger partial charge in [-0.05, 0) is 44.5 Å². The zero-order valence-corrected chi connectivity index (χ0v) is 12.4. The Morgan fingerprint density at radius 2 is 1.90 bits per heavy atom. The lowest BCUT2D eigenvalue weighted by molar-refractivity contribution is 0.0948. The van der Waals surface area contributed by atoms with Crippen molar-refractivity contribution in [3.8, 4) is 11.5 Å². The van der Waals surface area contributed by atoms with Gasteiger partial charge in [-0.1, -0.05) is 6.92 Å². The molecule has 1 aromatic carbocycles. The van der Waals surface area contributed by atoms with Crippen LogP contribution in [0.25, 0.3) is 0 Å². The maximum atomic E-state index is 12.0. The van der Waals surface area contributed by atoms with Crippen LogP contribution < -0.4 is 20.5 Å². The number of benzene rings is 1. The minimum absolute atomic E-state index is 0.130. The molecular formula is C15H24N2O3. The highest BCUT2D eigenvalue weighted by molar-refractivity contribution is 5.94. The van der Waals surface area contributed by atoms with Crippen LogP contribution in [0.2, 0.25) is 0 Å². The Kier molecular flexibility index (Phi) is 6.87. The molecule has 0 bridgehead atoms. The van der Waals surface area contributed by atoms with Crippen molar-refractivity contribution in [3.05, 3.63) is 23.8 Å². The van der Waals surface area contributed by atoms with Crippen molar-refractivity contribution in [2.24, 2.45) is 11.7 Å². The van der Waals surface area contributed by atoms with E-state index < -0.39 is 0 Å². The molecule has 0 aliphatic heterocycles. The molecule has 3 N–H and O–H groups in total. The van der Waals surface area contributed by atoms with Crippen LogP contribution in [0.15, 0.2) is 18.2 Å². The van der Waals surface area contributed by atoms with Gasteiger partial charge in [-0.3, -0.25) is 4.79 Å². The summed E-state index contributed by atoms with van der Waals surface area (Å²) in [6.07, 6.45) is 0. The van der Waals surface area contributed by atoms with Crippen LogP contribution in [0, 0.1) is 5.92 Å². The van der Waals surface area contributed by atoms with Crippen molar-refractivity contribution in [2.75, 3.05) is 26.3 Å². The highest BCUT2D eigenvalue weighted by Gasteiger charge is 2.12. The lowest BCUT2D eigenvalue weighted by Crippen LogP contribution is -2.31. The van der Waals surface area contributed by atoms with E-state index in [1.54, 1.807) is 18.2 Å². The monoisotopic (exact) mass is 280 g/mol. The summed E-state index contributed by atoms with van der Waals surface area (Å²) in [5.74, 6) is 1.37. The zero-order chi connectivity index (χ0) is 15.0. The van der Waals surface area contributed by atoms with Crippen LogP contribution in [0.1, 0.15) is 31.1 Å². The van der Waals surface area contributed by atoms with Crippen LogP contribution in [0.4, 0.5) is 0 Å². The number of amides is 1. The van der Waals surface area contributed by atoms with Crippen LogP contribution in [0.3, 0.4) is 0 Å². The Morgan fingerprint density at radius 1 is 1.25 bits per heavy atom.